The average molecular weight is 264 g/mol. The number of carbonyl (C=O) groups is 1. The van der Waals surface area contributed by atoms with Crippen molar-refractivity contribution in [1.82, 2.24) is 9.47 Å². The predicted molar refractivity (Wildman–Crippen MR) is 75.2 cm³/mol. The molecule has 0 unspecified atom stereocenters. The van der Waals surface area contributed by atoms with Crippen molar-refractivity contribution >= 4 is 5.91 Å². The zero-order chi connectivity index (χ0) is 14.0. The van der Waals surface area contributed by atoms with Crippen molar-refractivity contribution in [2.24, 2.45) is 0 Å². The van der Waals surface area contributed by atoms with Crippen molar-refractivity contribution in [3.05, 3.63) is 24.0 Å². The van der Waals surface area contributed by atoms with Crippen LogP contribution < -0.4 is 0 Å². The van der Waals surface area contributed by atoms with E-state index in [0.717, 1.165) is 25.7 Å². The van der Waals surface area contributed by atoms with Gasteiger partial charge >= 0.3 is 0 Å². The molecule has 1 heterocycles. The molecule has 0 atom stereocenters. The van der Waals surface area contributed by atoms with Crippen molar-refractivity contribution < 1.29 is 9.90 Å². The summed E-state index contributed by atoms with van der Waals surface area (Å²) < 4.78 is 1.97. The molecule has 0 aromatic carbocycles. The number of aliphatic hydroxyl groups is 1. The summed E-state index contributed by atoms with van der Waals surface area (Å²) in [6.45, 7) is 4.54. The molecular formula is C15H24N2O2. The van der Waals surface area contributed by atoms with Gasteiger partial charge in [0.1, 0.15) is 5.69 Å². The van der Waals surface area contributed by atoms with Crippen molar-refractivity contribution in [3.63, 3.8) is 0 Å². The van der Waals surface area contributed by atoms with Crippen molar-refractivity contribution in [3.8, 4) is 0 Å². The summed E-state index contributed by atoms with van der Waals surface area (Å²) in [6, 6.07) is 4.00. The van der Waals surface area contributed by atoms with E-state index in [1.165, 1.54) is 0 Å². The molecule has 1 saturated carbocycles. The van der Waals surface area contributed by atoms with Crippen LogP contribution in [0, 0.1) is 0 Å². The van der Waals surface area contributed by atoms with Crippen LogP contribution in [-0.2, 0) is 0 Å². The Kier molecular flexibility index (Phi) is 3.99. The third-order valence-corrected chi connectivity index (χ3v) is 3.97. The standard InChI is InChI=1S/C15H24N2O2/c1-12(2)17-10-6-7-13(17)14(18)16(3)11-15(19)8-4-5-9-15/h6-7,10,12,19H,4-5,8-9,11H2,1-3H3. The van der Waals surface area contributed by atoms with Crippen LogP contribution in [0.2, 0.25) is 0 Å². The van der Waals surface area contributed by atoms with Crippen LogP contribution in [0.3, 0.4) is 0 Å². The van der Waals surface area contributed by atoms with Crippen LogP contribution in [0.4, 0.5) is 0 Å². The van der Waals surface area contributed by atoms with Gasteiger partial charge in [0.2, 0.25) is 0 Å². The van der Waals surface area contributed by atoms with Crippen LogP contribution in [-0.4, -0.2) is 39.7 Å². The predicted octanol–water partition coefficient (Wildman–Crippen LogP) is 2.45. The molecule has 19 heavy (non-hydrogen) atoms. The molecule has 0 aliphatic heterocycles. The lowest BCUT2D eigenvalue weighted by atomic mass is 10.0. The Balaban J connectivity index is 2.08. The SMILES string of the molecule is CC(C)n1cccc1C(=O)N(C)CC1(O)CCCC1. The van der Waals surface area contributed by atoms with Gasteiger partial charge in [-0.15, -0.1) is 0 Å². The molecule has 1 aliphatic carbocycles. The first kappa shape index (κ1) is 14.1. The van der Waals surface area contributed by atoms with Gasteiger partial charge < -0.3 is 14.6 Å². The number of hydrogen-bond acceptors (Lipinski definition) is 2. The number of nitrogens with zero attached hydrogens (tertiary/aromatic N) is 2. The summed E-state index contributed by atoms with van der Waals surface area (Å²) in [5.74, 6) is -0.0148. The van der Waals surface area contributed by atoms with Crippen molar-refractivity contribution in [2.75, 3.05) is 13.6 Å². The fourth-order valence-corrected chi connectivity index (χ4v) is 2.93. The molecule has 2 rings (SSSR count). The quantitative estimate of drug-likeness (QED) is 0.908. The molecule has 0 saturated heterocycles. The van der Waals surface area contributed by atoms with E-state index in [2.05, 4.69) is 13.8 Å². The highest BCUT2D eigenvalue weighted by molar-refractivity contribution is 5.92. The molecule has 1 fully saturated rings. The van der Waals surface area contributed by atoms with E-state index < -0.39 is 5.60 Å². The molecule has 1 amide bonds. The molecule has 4 heteroatoms. The van der Waals surface area contributed by atoms with Crippen LogP contribution in [0.1, 0.15) is 56.1 Å². The maximum Gasteiger partial charge on any atom is 0.270 e. The van der Waals surface area contributed by atoms with Crippen molar-refractivity contribution in [1.29, 1.82) is 0 Å². The summed E-state index contributed by atoms with van der Waals surface area (Å²) in [7, 11) is 1.77. The number of carbonyl (C=O) groups excluding carboxylic acids is 1. The second-order valence-corrected chi connectivity index (χ2v) is 5.99. The molecule has 106 valence electrons. The molecular weight excluding hydrogens is 240 g/mol. The van der Waals surface area contributed by atoms with Crippen LogP contribution in [0.15, 0.2) is 18.3 Å². The molecule has 0 radical (unpaired) electrons. The van der Waals surface area contributed by atoms with E-state index in [0.29, 0.717) is 12.2 Å². The lowest BCUT2D eigenvalue weighted by Gasteiger charge is -2.29. The largest absolute Gasteiger partial charge is 0.388 e. The Labute approximate surface area is 115 Å². The zero-order valence-electron chi connectivity index (χ0n) is 12.1. The zero-order valence-corrected chi connectivity index (χ0v) is 12.1. The Bertz CT molecular complexity index is 445. The summed E-state index contributed by atoms with van der Waals surface area (Å²) in [6.07, 6.45) is 5.64. The van der Waals surface area contributed by atoms with Crippen molar-refractivity contribution in [2.45, 2.75) is 51.2 Å². The monoisotopic (exact) mass is 264 g/mol. The van der Waals surface area contributed by atoms with E-state index in [9.17, 15) is 9.90 Å². The number of amides is 1. The third-order valence-electron chi connectivity index (χ3n) is 3.97. The van der Waals surface area contributed by atoms with E-state index in [1.807, 2.05) is 22.9 Å². The fraction of sp³-hybridized carbons (Fsp3) is 0.667. The smallest absolute Gasteiger partial charge is 0.270 e. The first-order valence-electron chi connectivity index (χ1n) is 7.08. The van der Waals surface area contributed by atoms with Crippen LogP contribution >= 0.6 is 0 Å². The second-order valence-electron chi connectivity index (χ2n) is 5.99. The summed E-state index contributed by atoms with van der Waals surface area (Å²) >= 11 is 0. The molecule has 0 spiro atoms. The third kappa shape index (κ3) is 3.00. The van der Waals surface area contributed by atoms with E-state index in [4.69, 9.17) is 0 Å². The van der Waals surface area contributed by atoms with Gasteiger partial charge in [-0.1, -0.05) is 12.8 Å². The second kappa shape index (κ2) is 5.37. The maximum absolute atomic E-state index is 12.5. The highest BCUT2D eigenvalue weighted by Crippen LogP contribution is 2.30. The van der Waals surface area contributed by atoms with Gasteiger partial charge in [0, 0.05) is 25.8 Å². The van der Waals surface area contributed by atoms with Gasteiger partial charge in [-0.2, -0.15) is 0 Å². The normalized spacial score (nSPS) is 17.9. The Morgan fingerprint density at radius 3 is 2.68 bits per heavy atom. The Hall–Kier alpha value is -1.29. The van der Waals surface area contributed by atoms with Gasteiger partial charge in [-0.3, -0.25) is 4.79 Å². The highest BCUT2D eigenvalue weighted by Gasteiger charge is 2.34. The summed E-state index contributed by atoms with van der Waals surface area (Å²) in [4.78, 5) is 14.1. The fourth-order valence-electron chi connectivity index (χ4n) is 2.93. The highest BCUT2D eigenvalue weighted by atomic mass is 16.3. The number of aromatic nitrogens is 1. The molecule has 1 aliphatic rings. The Morgan fingerprint density at radius 2 is 2.11 bits per heavy atom. The Morgan fingerprint density at radius 1 is 1.47 bits per heavy atom. The minimum atomic E-state index is -0.681. The van der Waals surface area contributed by atoms with Crippen LogP contribution in [0.25, 0.3) is 0 Å². The van der Waals surface area contributed by atoms with Gasteiger partial charge in [-0.25, -0.2) is 0 Å². The van der Waals surface area contributed by atoms with Crippen LogP contribution in [0.5, 0.6) is 0 Å². The van der Waals surface area contributed by atoms with E-state index in [-0.39, 0.29) is 11.9 Å². The molecule has 4 nitrogen and oxygen atoms in total. The lowest BCUT2D eigenvalue weighted by molar-refractivity contribution is 0.0153. The maximum atomic E-state index is 12.5. The molecule has 1 aromatic rings. The molecule has 0 bridgehead atoms. The minimum absolute atomic E-state index is 0.0148. The van der Waals surface area contributed by atoms with E-state index in [1.54, 1.807) is 11.9 Å². The van der Waals surface area contributed by atoms with Gasteiger partial charge in [-0.05, 0) is 38.8 Å². The lowest BCUT2D eigenvalue weighted by Crippen LogP contribution is -2.42. The van der Waals surface area contributed by atoms with E-state index >= 15 is 0 Å². The van der Waals surface area contributed by atoms with Gasteiger partial charge in [0.25, 0.3) is 5.91 Å². The van der Waals surface area contributed by atoms with Gasteiger partial charge in [0.15, 0.2) is 0 Å². The first-order chi connectivity index (χ1) is 8.93. The molecule has 1 N–H and O–H groups in total. The number of rotatable bonds is 4. The first-order valence-corrected chi connectivity index (χ1v) is 7.08. The topological polar surface area (TPSA) is 45.5 Å². The number of hydrogen-bond donors (Lipinski definition) is 1. The van der Waals surface area contributed by atoms with Gasteiger partial charge in [0.05, 0.1) is 5.60 Å². The number of likely N-dealkylation sites (N-methyl/N-ethyl adjacent to an activating group) is 1. The summed E-state index contributed by atoms with van der Waals surface area (Å²) in [5, 5.41) is 10.4. The molecule has 1 aromatic heterocycles. The summed E-state index contributed by atoms with van der Waals surface area (Å²) in [5.41, 5.74) is 0.0127. The minimum Gasteiger partial charge on any atom is -0.388 e. The average Bonchev–Trinajstić information content (AvgIpc) is 2.96.